The van der Waals surface area contributed by atoms with Crippen LogP contribution in [0.25, 0.3) is 0 Å². The SMILES string of the molecule is COc1cccc(C(=O)Nc2ccc(N3CCCN(C(=O)NC4CCCCC4)CC3)c(C(=O)NCc3ccc(F)cc3)c2)c1. The first-order valence-electron chi connectivity index (χ1n) is 15.3. The van der Waals surface area contributed by atoms with E-state index < -0.39 is 0 Å². The largest absolute Gasteiger partial charge is 0.497 e. The average Bonchev–Trinajstić information content (AvgIpc) is 3.31. The molecule has 10 heteroatoms. The summed E-state index contributed by atoms with van der Waals surface area (Å²) in [6, 6.07) is 18.3. The van der Waals surface area contributed by atoms with Gasteiger partial charge in [-0.2, -0.15) is 0 Å². The second kappa shape index (κ2) is 14.7. The van der Waals surface area contributed by atoms with E-state index in [1.165, 1.54) is 25.7 Å². The van der Waals surface area contributed by atoms with Gasteiger partial charge in [-0.3, -0.25) is 9.59 Å². The van der Waals surface area contributed by atoms with Gasteiger partial charge in [0.15, 0.2) is 0 Å². The maximum Gasteiger partial charge on any atom is 0.317 e. The highest BCUT2D eigenvalue weighted by Gasteiger charge is 2.25. The zero-order valence-electron chi connectivity index (χ0n) is 25.1. The van der Waals surface area contributed by atoms with Gasteiger partial charge >= 0.3 is 6.03 Å². The fourth-order valence-corrected chi connectivity index (χ4v) is 5.79. The average molecular weight is 602 g/mol. The summed E-state index contributed by atoms with van der Waals surface area (Å²) in [5.74, 6) is -0.428. The quantitative estimate of drug-likeness (QED) is 0.313. The van der Waals surface area contributed by atoms with Gasteiger partial charge in [0, 0.05) is 55.7 Å². The van der Waals surface area contributed by atoms with E-state index in [1.807, 2.05) is 11.0 Å². The Morgan fingerprint density at radius 1 is 0.864 bits per heavy atom. The second-order valence-corrected chi connectivity index (χ2v) is 11.3. The third-order valence-electron chi connectivity index (χ3n) is 8.25. The van der Waals surface area contributed by atoms with Crippen molar-refractivity contribution in [2.45, 2.75) is 51.1 Å². The molecule has 44 heavy (non-hydrogen) atoms. The third-order valence-corrected chi connectivity index (χ3v) is 8.25. The Kier molecular flexibility index (Phi) is 10.3. The highest BCUT2D eigenvalue weighted by atomic mass is 19.1. The minimum Gasteiger partial charge on any atom is -0.497 e. The number of nitrogens with zero attached hydrogens (tertiary/aromatic N) is 2. The molecule has 3 aromatic carbocycles. The molecule has 232 valence electrons. The standard InChI is InChI=1S/C34H40FN5O4/c1-44-29-10-5-7-25(21-29)32(41)37-28-15-16-31(30(22-28)33(42)36-23-24-11-13-26(35)14-12-24)39-17-6-18-40(20-19-39)34(43)38-27-8-3-2-4-9-27/h5,7,10-16,21-22,27H,2-4,6,8-9,17-20,23H2,1H3,(H,36,42)(H,37,41)(H,38,43). The molecule has 1 aliphatic carbocycles. The van der Waals surface area contributed by atoms with E-state index >= 15 is 0 Å². The van der Waals surface area contributed by atoms with Crippen molar-refractivity contribution >= 4 is 29.2 Å². The van der Waals surface area contributed by atoms with Crippen molar-refractivity contribution in [3.63, 3.8) is 0 Å². The van der Waals surface area contributed by atoms with Gasteiger partial charge in [-0.15, -0.1) is 0 Å². The molecule has 1 heterocycles. The lowest BCUT2D eigenvalue weighted by atomic mass is 9.96. The van der Waals surface area contributed by atoms with E-state index in [0.717, 1.165) is 43.4 Å². The van der Waals surface area contributed by atoms with Gasteiger partial charge in [-0.1, -0.05) is 37.5 Å². The van der Waals surface area contributed by atoms with Gasteiger partial charge in [0.05, 0.1) is 12.7 Å². The zero-order chi connectivity index (χ0) is 30.9. The number of anilines is 2. The first-order chi connectivity index (χ1) is 21.4. The van der Waals surface area contributed by atoms with Gasteiger partial charge in [-0.25, -0.2) is 9.18 Å². The summed E-state index contributed by atoms with van der Waals surface area (Å²) in [6.07, 6.45) is 6.35. The van der Waals surface area contributed by atoms with Gasteiger partial charge in [-0.05, 0) is 73.4 Å². The molecule has 1 saturated heterocycles. The Morgan fingerprint density at radius 2 is 1.66 bits per heavy atom. The molecule has 2 aliphatic rings. The summed E-state index contributed by atoms with van der Waals surface area (Å²) in [6.45, 7) is 2.61. The van der Waals surface area contributed by atoms with Crippen LogP contribution < -0.4 is 25.6 Å². The van der Waals surface area contributed by atoms with Crippen LogP contribution in [-0.2, 0) is 6.54 Å². The predicted molar refractivity (Wildman–Crippen MR) is 169 cm³/mol. The van der Waals surface area contributed by atoms with E-state index in [4.69, 9.17) is 4.74 Å². The number of urea groups is 1. The van der Waals surface area contributed by atoms with E-state index in [1.54, 1.807) is 48.5 Å². The molecule has 0 atom stereocenters. The Morgan fingerprint density at radius 3 is 2.43 bits per heavy atom. The van der Waals surface area contributed by atoms with Crippen LogP contribution >= 0.6 is 0 Å². The fourth-order valence-electron chi connectivity index (χ4n) is 5.79. The van der Waals surface area contributed by atoms with E-state index in [-0.39, 0.29) is 36.2 Å². The van der Waals surface area contributed by atoms with Crippen LogP contribution in [0.15, 0.2) is 66.7 Å². The van der Waals surface area contributed by atoms with E-state index in [2.05, 4.69) is 20.9 Å². The van der Waals surface area contributed by atoms with E-state index in [9.17, 15) is 18.8 Å². The molecule has 3 aromatic rings. The molecular weight excluding hydrogens is 561 g/mol. The van der Waals surface area contributed by atoms with Gasteiger partial charge in [0.25, 0.3) is 11.8 Å². The molecule has 1 aliphatic heterocycles. The van der Waals surface area contributed by atoms with Crippen molar-refractivity contribution in [2.24, 2.45) is 0 Å². The molecule has 5 rings (SSSR count). The van der Waals surface area contributed by atoms with Gasteiger partial charge in [0.1, 0.15) is 11.6 Å². The molecule has 3 N–H and O–H groups in total. The van der Waals surface area contributed by atoms with Crippen LogP contribution in [0.5, 0.6) is 5.75 Å². The summed E-state index contributed by atoms with van der Waals surface area (Å²) < 4.78 is 18.6. The third kappa shape index (κ3) is 8.06. The van der Waals surface area contributed by atoms with Crippen molar-refractivity contribution in [3.8, 4) is 5.75 Å². The monoisotopic (exact) mass is 601 g/mol. The number of halogens is 1. The van der Waals surface area contributed by atoms with Crippen molar-refractivity contribution in [2.75, 3.05) is 43.5 Å². The summed E-state index contributed by atoms with van der Waals surface area (Å²) >= 11 is 0. The Bertz CT molecular complexity index is 1460. The van der Waals surface area contributed by atoms with Crippen molar-refractivity contribution in [1.82, 2.24) is 15.5 Å². The number of amides is 4. The highest BCUT2D eigenvalue weighted by Crippen LogP contribution is 2.27. The lowest BCUT2D eigenvalue weighted by Gasteiger charge is -2.28. The number of methoxy groups -OCH3 is 1. The first kappa shape index (κ1) is 30.8. The zero-order valence-corrected chi connectivity index (χ0v) is 25.1. The van der Waals surface area contributed by atoms with E-state index in [0.29, 0.717) is 48.7 Å². The summed E-state index contributed by atoms with van der Waals surface area (Å²) in [7, 11) is 1.54. The first-order valence-corrected chi connectivity index (χ1v) is 15.3. The Balaban J connectivity index is 1.33. The van der Waals surface area contributed by atoms with Crippen molar-refractivity contribution < 1.29 is 23.5 Å². The van der Waals surface area contributed by atoms with Gasteiger partial charge in [0.2, 0.25) is 0 Å². The van der Waals surface area contributed by atoms with Crippen LogP contribution in [0.1, 0.15) is 64.8 Å². The molecule has 0 radical (unpaired) electrons. The lowest BCUT2D eigenvalue weighted by molar-refractivity contribution is 0.0950. The van der Waals surface area contributed by atoms with Crippen LogP contribution in [0.4, 0.5) is 20.6 Å². The Labute approximate surface area is 257 Å². The smallest absolute Gasteiger partial charge is 0.317 e. The number of carbonyl (C=O) groups is 3. The predicted octanol–water partition coefficient (Wildman–Crippen LogP) is 5.57. The Hall–Kier alpha value is -4.60. The summed E-state index contributed by atoms with van der Waals surface area (Å²) in [5.41, 5.74) is 2.77. The number of hydrogen-bond donors (Lipinski definition) is 3. The number of benzene rings is 3. The topological polar surface area (TPSA) is 103 Å². The minimum atomic E-state index is -0.343. The number of carbonyl (C=O) groups excluding carboxylic acids is 3. The molecule has 0 spiro atoms. The number of rotatable bonds is 8. The molecule has 0 unspecified atom stereocenters. The lowest BCUT2D eigenvalue weighted by Crippen LogP contribution is -2.46. The molecule has 1 saturated carbocycles. The molecule has 0 bridgehead atoms. The summed E-state index contributed by atoms with van der Waals surface area (Å²) in [4.78, 5) is 43.7. The minimum absolute atomic E-state index is 0.0217. The van der Waals surface area contributed by atoms with Gasteiger partial charge < -0.3 is 30.5 Å². The van der Waals surface area contributed by atoms with Crippen LogP contribution in [0.2, 0.25) is 0 Å². The number of ether oxygens (including phenoxy) is 1. The molecule has 4 amide bonds. The molecular formula is C34H40FN5O4. The van der Waals surface area contributed by atoms with Crippen LogP contribution in [-0.4, -0.2) is 62.1 Å². The summed E-state index contributed by atoms with van der Waals surface area (Å²) in [5, 5.41) is 9.05. The normalized spacial score (nSPS) is 15.7. The van der Waals surface area contributed by atoms with Crippen molar-refractivity contribution in [3.05, 3.63) is 89.2 Å². The maximum absolute atomic E-state index is 13.6. The fraction of sp³-hybridized carbons (Fsp3) is 0.382. The highest BCUT2D eigenvalue weighted by molar-refractivity contribution is 6.06. The van der Waals surface area contributed by atoms with Crippen molar-refractivity contribution in [1.29, 1.82) is 0 Å². The molecule has 9 nitrogen and oxygen atoms in total. The molecule has 0 aromatic heterocycles. The molecule has 2 fully saturated rings. The maximum atomic E-state index is 13.6. The van der Waals surface area contributed by atoms with Crippen LogP contribution in [0, 0.1) is 5.82 Å². The van der Waals surface area contributed by atoms with Crippen LogP contribution in [0.3, 0.4) is 0 Å². The second-order valence-electron chi connectivity index (χ2n) is 11.3. The number of hydrogen-bond acceptors (Lipinski definition) is 5. The number of nitrogens with one attached hydrogen (secondary N) is 3.